The average Bonchev–Trinajstić information content (AvgIpc) is 2.26. The summed E-state index contributed by atoms with van der Waals surface area (Å²) in [5.41, 5.74) is 1.91. The van der Waals surface area contributed by atoms with Gasteiger partial charge in [-0.3, -0.25) is 14.4 Å². The van der Waals surface area contributed by atoms with Gasteiger partial charge in [0.05, 0.1) is 11.9 Å². The van der Waals surface area contributed by atoms with Crippen LogP contribution in [0.25, 0.3) is 10.9 Å². The zero-order valence-electron chi connectivity index (χ0n) is 10.7. The van der Waals surface area contributed by atoms with Gasteiger partial charge in [0.15, 0.2) is 0 Å². The summed E-state index contributed by atoms with van der Waals surface area (Å²) in [4.78, 5) is 36.4. The van der Waals surface area contributed by atoms with Crippen LogP contribution in [-0.2, 0) is 9.59 Å². The van der Waals surface area contributed by atoms with E-state index in [2.05, 4.69) is 10.3 Å². The van der Waals surface area contributed by atoms with Gasteiger partial charge in [-0.2, -0.15) is 0 Å². The molecule has 2 aromatic rings. The van der Waals surface area contributed by atoms with Crippen molar-refractivity contribution in [3.63, 3.8) is 0 Å². The molecule has 1 amide bonds. The number of ketones is 1. The number of aromatic amines is 1. The van der Waals surface area contributed by atoms with E-state index < -0.39 is 0 Å². The molecule has 0 aliphatic carbocycles. The molecule has 0 bridgehead atoms. The molecule has 5 nitrogen and oxygen atoms in total. The second kappa shape index (κ2) is 5.06. The third-order valence-corrected chi connectivity index (χ3v) is 2.74. The van der Waals surface area contributed by atoms with Crippen molar-refractivity contribution in [2.45, 2.75) is 20.3 Å². The van der Waals surface area contributed by atoms with Crippen LogP contribution < -0.4 is 10.9 Å². The summed E-state index contributed by atoms with van der Waals surface area (Å²) in [6.07, 6.45) is -0.150. The molecule has 0 radical (unpaired) electrons. The van der Waals surface area contributed by atoms with Gasteiger partial charge in [0.2, 0.25) is 11.5 Å². The monoisotopic (exact) mass is 258 g/mol. The number of anilines is 1. The highest BCUT2D eigenvalue weighted by atomic mass is 16.2. The summed E-state index contributed by atoms with van der Waals surface area (Å²) in [7, 11) is 0. The number of fused-ring (bicyclic) bond motifs is 1. The Kier molecular flexibility index (Phi) is 3.46. The maximum absolute atomic E-state index is 11.5. The number of nitrogens with one attached hydrogen (secondary N) is 2. The van der Waals surface area contributed by atoms with Gasteiger partial charge in [-0.25, -0.2) is 0 Å². The number of carbonyl (C=O) groups is 2. The summed E-state index contributed by atoms with van der Waals surface area (Å²) < 4.78 is 0. The second-order valence-corrected chi connectivity index (χ2v) is 4.50. The molecule has 0 aliphatic rings. The fraction of sp³-hybridized carbons (Fsp3) is 0.214. The Morgan fingerprint density at radius 3 is 2.68 bits per heavy atom. The molecule has 19 heavy (non-hydrogen) atoms. The van der Waals surface area contributed by atoms with Crippen molar-refractivity contribution in [1.29, 1.82) is 0 Å². The van der Waals surface area contributed by atoms with Gasteiger partial charge in [0, 0.05) is 17.1 Å². The normalized spacial score (nSPS) is 10.4. The first-order chi connectivity index (χ1) is 8.95. The van der Waals surface area contributed by atoms with Gasteiger partial charge in [-0.15, -0.1) is 0 Å². The number of aromatic nitrogens is 1. The lowest BCUT2D eigenvalue weighted by Crippen LogP contribution is -2.14. The zero-order valence-corrected chi connectivity index (χ0v) is 10.7. The third kappa shape index (κ3) is 3.07. The number of hydrogen-bond acceptors (Lipinski definition) is 3. The summed E-state index contributed by atoms with van der Waals surface area (Å²) >= 11 is 0. The number of H-pyrrole nitrogens is 1. The van der Waals surface area contributed by atoms with Crippen molar-refractivity contribution >= 4 is 28.3 Å². The molecule has 1 heterocycles. The maximum Gasteiger partial charge on any atom is 0.248 e. The van der Waals surface area contributed by atoms with Gasteiger partial charge in [0.25, 0.3) is 0 Å². The van der Waals surface area contributed by atoms with Crippen LogP contribution in [0, 0.1) is 6.92 Å². The fourth-order valence-electron chi connectivity index (χ4n) is 1.94. The molecule has 1 aromatic carbocycles. The van der Waals surface area contributed by atoms with Gasteiger partial charge in [-0.1, -0.05) is 6.07 Å². The number of aryl methyl sites for hydroxylation is 1. The van der Waals surface area contributed by atoms with Crippen LogP contribution in [0.15, 0.2) is 29.1 Å². The highest BCUT2D eigenvalue weighted by Crippen LogP contribution is 2.19. The standard InChI is InChI=1S/C14H14N2O3/c1-8-5-13(18)16-12-7-10(3-4-11(8)12)15-14(19)6-9(2)17/h3-5,7H,6H2,1-2H3,(H,15,19)(H,16,18). The van der Waals surface area contributed by atoms with E-state index in [-0.39, 0.29) is 23.7 Å². The number of amides is 1. The summed E-state index contributed by atoms with van der Waals surface area (Å²) in [5, 5.41) is 3.54. The number of rotatable bonds is 3. The second-order valence-electron chi connectivity index (χ2n) is 4.50. The Morgan fingerprint density at radius 1 is 1.26 bits per heavy atom. The number of Topliss-reactive ketones (excluding diaryl/α,β-unsaturated/α-hetero) is 1. The summed E-state index contributed by atoms with van der Waals surface area (Å²) in [6, 6.07) is 6.77. The van der Waals surface area contributed by atoms with Crippen LogP contribution in [0.1, 0.15) is 18.9 Å². The van der Waals surface area contributed by atoms with Crippen LogP contribution in [-0.4, -0.2) is 16.7 Å². The molecule has 0 atom stereocenters. The predicted molar refractivity (Wildman–Crippen MR) is 73.2 cm³/mol. The van der Waals surface area contributed by atoms with Crippen molar-refractivity contribution in [1.82, 2.24) is 4.98 Å². The molecular weight excluding hydrogens is 244 g/mol. The number of carbonyl (C=O) groups excluding carboxylic acids is 2. The van der Waals surface area contributed by atoms with E-state index in [4.69, 9.17) is 0 Å². The first-order valence-electron chi connectivity index (χ1n) is 5.88. The van der Waals surface area contributed by atoms with Crippen molar-refractivity contribution in [2.75, 3.05) is 5.32 Å². The minimum absolute atomic E-state index is 0.150. The maximum atomic E-state index is 11.5. The largest absolute Gasteiger partial charge is 0.326 e. The highest BCUT2D eigenvalue weighted by Gasteiger charge is 2.07. The summed E-state index contributed by atoms with van der Waals surface area (Å²) in [6.45, 7) is 3.21. The van der Waals surface area contributed by atoms with E-state index in [0.29, 0.717) is 11.2 Å². The third-order valence-electron chi connectivity index (χ3n) is 2.74. The fourth-order valence-corrected chi connectivity index (χ4v) is 1.94. The Hall–Kier alpha value is -2.43. The van der Waals surface area contributed by atoms with Crippen molar-refractivity contribution in [2.24, 2.45) is 0 Å². The van der Waals surface area contributed by atoms with Crippen molar-refractivity contribution < 1.29 is 9.59 Å². The van der Waals surface area contributed by atoms with Crippen LogP contribution >= 0.6 is 0 Å². The first kappa shape index (κ1) is 13.0. The number of hydrogen-bond donors (Lipinski definition) is 2. The molecular formula is C14H14N2O3. The molecule has 98 valence electrons. The Labute approximate surface area is 109 Å². The molecule has 0 unspecified atom stereocenters. The van der Waals surface area contributed by atoms with E-state index in [1.807, 2.05) is 13.0 Å². The van der Waals surface area contributed by atoms with E-state index in [1.54, 1.807) is 12.1 Å². The molecule has 2 N–H and O–H groups in total. The predicted octanol–water partition coefficient (Wildman–Crippen LogP) is 1.75. The van der Waals surface area contributed by atoms with Crippen molar-refractivity contribution in [3.8, 4) is 0 Å². The average molecular weight is 258 g/mol. The van der Waals surface area contributed by atoms with Gasteiger partial charge < -0.3 is 10.3 Å². The van der Waals surface area contributed by atoms with E-state index in [1.165, 1.54) is 13.0 Å². The molecule has 0 saturated carbocycles. The zero-order chi connectivity index (χ0) is 14.0. The minimum atomic E-state index is -0.359. The van der Waals surface area contributed by atoms with Gasteiger partial charge in [0.1, 0.15) is 5.78 Å². The van der Waals surface area contributed by atoms with E-state index >= 15 is 0 Å². The van der Waals surface area contributed by atoms with Crippen LogP contribution in [0.4, 0.5) is 5.69 Å². The van der Waals surface area contributed by atoms with Crippen LogP contribution in [0.5, 0.6) is 0 Å². The van der Waals surface area contributed by atoms with Crippen LogP contribution in [0.3, 0.4) is 0 Å². The Bertz CT molecular complexity index is 716. The Balaban J connectivity index is 2.34. The molecule has 0 fully saturated rings. The Morgan fingerprint density at radius 2 is 2.00 bits per heavy atom. The quantitative estimate of drug-likeness (QED) is 0.823. The lowest BCUT2D eigenvalue weighted by Gasteiger charge is -2.06. The highest BCUT2D eigenvalue weighted by molar-refractivity contribution is 6.04. The van der Waals surface area contributed by atoms with Crippen LogP contribution in [0.2, 0.25) is 0 Å². The molecule has 5 heteroatoms. The molecule has 0 spiro atoms. The summed E-state index contributed by atoms with van der Waals surface area (Å²) in [5.74, 6) is -0.551. The number of pyridine rings is 1. The first-order valence-corrected chi connectivity index (χ1v) is 5.88. The van der Waals surface area contributed by atoms with E-state index in [0.717, 1.165) is 10.9 Å². The van der Waals surface area contributed by atoms with Crippen molar-refractivity contribution in [3.05, 3.63) is 40.2 Å². The minimum Gasteiger partial charge on any atom is -0.326 e. The lowest BCUT2D eigenvalue weighted by molar-refractivity contribution is -0.124. The molecule has 0 aliphatic heterocycles. The molecule has 1 aromatic heterocycles. The van der Waals surface area contributed by atoms with E-state index in [9.17, 15) is 14.4 Å². The number of benzene rings is 1. The van der Waals surface area contributed by atoms with Gasteiger partial charge >= 0.3 is 0 Å². The SMILES string of the molecule is CC(=O)CC(=O)Nc1ccc2c(C)cc(=O)[nH]c2c1. The topological polar surface area (TPSA) is 79.0 Å². The smallest absolute Gasteiger partial charge is 0.248 e. The van der Waals surface area contributed by atoms with Gasteiger partial charge in [-0.05, 0) is 31.5 Å². The lowest BCUT2D eigenvalue weighted by atomic mass is 10.1. The molecule has 2 rings (SSSR count). The molecule has 0 saturated heterocycles.